The van der Waals surface area contributed by atoms with Gasteiger partial charge in [-0.2, -0.15) is 0 Å². The molecule has 0 unspecified atom stereocenters. The van der Waals surface area contributed by atoms with E-state index in [-0.39, 0.29) is 17.8 Å². The minimum Gasteiger partial charge on any atom is -0.478 e. The molecule has 2 amide bonds. The molecule has 1 saturated heterocycles. The number of fused-ring (bicyclic) bond motifs is 2. The van der Waals surface area contributed by atoms with Crippen LogP contribution in [-0.2, 0) is 15.1 Å². The average molecular weight is 486 g/mol. The van der Waals surface area contributed by atoms with Crippen molar-refractivity contribution in [1.29, 1.82) is 0 Å². The summed E-state index contributed by atoms with van der Waals surface area (Å²) in [5.41, 5.74) is 1.62. The van der Waals surface area contributed by atoms with E-state index in [1.54, 1.807) is 56.3 Å². The minimum absolute atomic E-state index is 0.169. The van der Waals surface area contributed by atoms with E-state index in [2.05, 4.69) is 10.3 Å². The highest BCUT2D eigenvalue weighted by Crippen LogP contribution is 2.43. The molecule has 0 bridgehead atoms. The molecule has 0 radical (unpaired) electrons. The third-order valence-electron chi connectivity index (χ3n) is 6.74. The van der Waals surface area contributed by atoms with E-state index in [0.717, 1.165) is 16.7 Å². The summed E-state index contributed by atoms with van der Waals surface area (Å²) in [4.78, 5) is 43.4. The smallest absolute Gasteiger partial charge is 0.339 e. The maximum absolute atomic E-state index is 13.4. The van der Waals surface area contributed by atoms with Gasteiger partial charge in [-0.15, -0.1) is 0 Å². The van der Waals surface area contributed by atoms with Gasteiger partial charge in [0.1, 0.15) is 11.4 Å². The molecule has 0 aliphatic carbocycles. The Morgan fingerprint density at radius 3 is 2.47 bits per heavy atom. The highest BCUT2D eigenvalue weighted by molar-refractivity contribution is 5.95. The van der Waals surface area contributed by atoms with Gasteiger partial charge in [0.2, 0.25) is 0 Å². The van der Waals surface area contributed by atoms with Crippen molar-refractivity contribution >= 4 is 17.8 Å². The number of nitrogens with zero attached hydrogens (tertiary/aromatic N) is 2. The normalized spacial score (nSPS) is 18.6. The molecule has 3 heterocycles. The van der Waals surface area contributed by atoms with Crippen molar-refractivity contribution in [3.8, 4) is 16.9 Å². The molecular weight excluding hydrogens is 458 g/mol. The van der Waals surface area contributed by atoms with Crippen LogP contribution < -0.4 is 10.1 Å². The number of ether oxygens (including phenoxy) is 2. The predicted octanol–water partition coefficient (Wildman–Crippen LogP) is 3.56. The summed E-state index contributed by atoms with van der Waals surface area (Å²) < 4.78 is 11.9. The fourth-order valence-electron chi connectivity index (χ4n) is 4.87. The monoisotopic (exact) mass is 485 g/mol. The number of likely N-dealkylation sites (tertiary alicyclic amines) is 1. The van der Waals surface area contributed by atoms with Gasteiger partial charge in [-0.25, -0.2) is 4.79 Å². The van der Waals surface area contributed by atoms with E-state index in [0.29, 0.717) is 36.5 Å². The lowest BCUT2D eigenvalue weighted by molar-refractivity contribution is -0.145. The molecule has 2 aliphatic rings. The van der Waals surface area contributed by atoms with E-state index >= 15 is 0 Å². The van der Waals surface area contributed by atoms with Gasteiger partial charge in [0.25, 0.3) is 11.8 Å². The summed E-state index contributed by atoms with van der Waals surface area (Å²) >= 11 is 0. The first-order chi connectivity index (χ1) is 17.2. The van der Waals surface area contributed by atoms with Gasteiger partial charge in [0.05, 0.1) is 12.1 Å². The van der Waals surface area contributed by atoms with Crippen molar-refractivity contribution < 1.29 is 23.9 Å². The fraction of sp³-hybridized carbons (Fsp3) is 0.286. The molecule has 8 nitrogen and oxygen atoms in total. The fourth-order valence-corrected chi connectivity index (χ4v) is 4.87. The maximum atomic E-state index is 13.4. The van der Waals surface area contributed by atoms with Crippen molar-refractivity contribution in [2.75, 3.05) is 20.1 Å². The lowest BCUT2D eigenvalue weighted by atomic mass is 9.91. The predicted molar refractivity (Wildman–Crippen MR) is 133 cm³/mol. The van der Waals surface area contributed by atoms with Crippen LogP contribution in [0.4, 0.5) is 0 Å². The zero-order valence-corrected chi connectivity index (χ0v) is 20.4. The van der Waals surface area contributed by atoms with Crippen molar-refractivity contribution in [2.45, 2.75) is 31.5 Å². The lowest BCUT2D eigenvalue weighted by Crippen LogP contribution is -2.49. The number of benzene rings is 2. The van der Waals surface area contributed by atoms with Gasteiger partial charge in [-0.1, -0.05) is 36.4 Å². The van der Waals surface area contributed by atoms with Crippen LogP contribution in [0, 0.1) is 0 Å². The van der Waals surface area contributed by atoms with Gasteiger partial charge in [0.15, 0.2) is 11.2 Å². The standard InChI is InChI=1S/C28H27N3O5/c1-27(2,26(34)31-15-14-28(17-31)22-7-5-4-6-21(22)25(33)36-28)35-20-11-8-18(9-12-20)19-10-13-23(30-16-19)24(32)29-3/h4-13,16H,14-15,17H2,1-3H3,(H,29,32)/t28-/m0/s1. The van der Waals surface area contributed by atoms with Crippen LogP contribution in [0.15, 0.2) is 66.9 Å². The molecule has 1 N–H and O–H groups in total. The molecule has 3 aromatic rings. The summed E-state index contributed by atoms with van der Waals surface area (Å²) in [5, 5.41) is 2.55. The first-order valence-electron chi connectivity index (χ1n) is 11.8. The van der Waals surface area contributed by atoms with Crippen molar-refractivity contribution in [3.63, 3.8) is 0 Å². The number of rotatable bonds is 5. The highest BCUT2D eigenvalue weighted by Gasteiger charge is 2.52. The lowest BCUT2D eigenvalue weighted by Gasteiger charge is -2.31. The molecule has 1 fully saturated rings. The SMILES string of the molecule is CNC(=O)c1ccc(-c2ccc(OC(C)(C)C(=O)N3CC[C@@]4(C3)OC(=O)c3ccccc34)cc2)cn1. The number of carbonyl (C=O) groups is 3. The van der Waals surface area contributed by atoms with Gasteiger partial charge in [-0.3, -0.25) is 14.6 Å². The third-order valence-corrected chi connectivity index (χ3v) is 6.74. The summed E-state index contributed by atoms with van der Waals surface area (Å²) in [7, 11) is 1.56. The second kappa shape index (κ2) is 8.78. The van der Waals surface area contributed by atoms with Gasteiger partial charge >= 0.3 is 5.97 Å². The number of esters is 1. The van der Waals surface area contributed by atoms with Crippen LogP contribution in [0.25, 0.3) is 11.1 Å². The molecule has 1 atom stereocenters. The Balaban J connectivity index is 1.27. The topological polar surface area (TPSA) is 97.8 Å². The molecule has 8 heteroatoms. The number of hydrogen-bond acceptors (Lipinski definition) is 6. The van der Waals surface area contributed by atoms with Crippen molar-refractivity contribution in [1.82, 2.24) is 15.2 Å². The molecular formula is C28H27N3O5. The quantitative estimate of drug-likeness (QED) is 0.555. The number of pyridine rings is 1. The van der Waals surface area contributed by atoms with Gasteiger partial charge < -0.3 is 19.7 Å². The second-order valence-corrected chi connectivity index (χ2v) is 9.55. The Bertz CT molecular complexity index is 1330. The van der Waals surface area contributed by atoms with E-state index < -0.39 is 11.2 Å². The Morgan fingerprint density at radius 1 is 1.06 bits per heavy atom. The Labute approximate surface area is 209 Å². The number of aromatic nitrogens is 1. The van der Waals surface area contributed by atoms with Crippen molar-refractivity contribution in [2.24, 2.45) is 0 Å². The zero-order valence-electron chi connectivity index (χ0n) is 20.4. The summed E-state index contributed by atoms with van der Waals surface area (Å²) in [6.07, 6.45) is 2.20. The highest BCUT2D eigenvalue weighted by atomic mass is 16.6. The summed E-state index contributed by atoms with van der Waals surface area (Å²) in [5.74, 6) is -0.193. The number of amides is 2. The summed E-state index contributed by atoms with van der Waals surface area (Å²) in [6, 6.07) is 18.2. The van der Waals surface area contributed by atoms with Crippen LogP contribution in [0.5, 0.6) is 5.75 Å². The molecule has 184 valence electrons. The molecule has 5 rings (SSSR count). The van der Waals surface area contributed by atoms with Crippen LogP contribution in [0.1, 0.15) is 46.7 Å². The maximum Gasteiger partial charge on any atom is 0.339 e. The van der Waals surface area contributed by atoms with Crippen LogP contribution in [0.2, 0.25) is 0 Å². The molecule has 2 aliphatic heterocycles. The first-order valence-corrected chi connectivity index (χ1v) is 11.8. The Morgan fingerprint density at radius 2 is 1.78 bits per heavy atom. The second-order valence-electron chi connectivity index (χ2n) is 9.55. The first kappa shape index (κ1) is 23.5. The third kappa shape index (κ3) is 4.08. The molecule has 1 spiro atoms. The zero-order chi connectivity index (χ0) is 25.5. The van der Waals surface area contributed by atoms with E-state index in [1.165, 1.54) is 0 Å². The summed E-state index contributed by atoms with van der Waals surface area (Å²) in [6.45, 7) is 4.26. The van der Waals surface area contributed by atoms with E-state index in [4.69, 9.17) is 9.47 Å². The Kier molecular flexibility index (Phi) is 5.74. The number of nitrogens with one attached hydrogen (secondary N) is 1. The molecule has 1 aromatic heterocycles. The van der Waals surface area contributed by atoms with E-state index in [9.17, 15) is 14.4 Å². The number of carbonyl (C=O) groups excluding carboxylic acids is 3. The Hall–Kier alpha value is -4.20. The minimum atomic E-state index is -1.12. The molecule has 0 saturated carbocycles. The number of hydrogen-bond donors (Lipinski definition) is 1. The van der Waals surface area contributed by atoms with Gasteiger partial charge in [-0.05, 0) is 43.7 Å². The van der Waals surface area contributed by atoms with Crippen LogP contribution in [0.3, 0.4) is 0 Å². The largest absolute Gasteiger partial charge is 0.478 e. The van der Waals surface area contributed by atoms with Gasteiger partial charge in [0, 0.05) is 37.3 Å². The van der Waals surface area contributed by atoms with E-state index in [1.807, 2.05) is 36.4 Å². The average Bonchev–Trinajstić information content (AvgIpc) is 3.44. The van der Waals surface area contributed by atoms with Crippen LogP contribution >= 0.6 is 0 Å². The van der Waals surface area contributed by atoms with Crippen molar-refractivity contribution in [3.05, 3.63) is 83.7 Å². The molecule has 2 aromatic carbocycles. The van der Waals surface area contributed by atoms with Crippen LogP contribution in [-0.4, -0.2) is 53.4 Å². The molecule has 36 heavy (non-hydrogen) atoms.